The summed E-state index contributed by atoms with van der Waals surface area (Å²) in [6.45, 7) is 0. The van der Waals surface area contributed by atoms with Crippen molar-refractivity contribution in [2.75, 3.05) is 0 Å². The van der Waals surface area contributed by atoms with E-state index in [0.29, 0.717) is 4.90 Å². The number of nitrogens with one attached hydrogen (secondary N) is 1. The monoisotopic (exact) mass is 275 g/mol. The normalized spacial score (nSPS) is 16.9. The molecule has 1 aromatic rings. The van der Waals surface area contributed by atoms with Crippen LogP contribution in [0.4, 0.5) is 0 Å². The first-order valence-corrected chi connectivity index (χ1v) is 6.63. The van der Waals surface area contributed by atoms with E-state index in [1.165, 1.54) is 0 Å². The Kier molecular flexibility index (Phi) is 2.64. The van der Waals surface area contributed by atoms with Crippen LogP contribution in [0.5, 0.6) is 0 Å². The number of benzene rings is 1. The van der Waals surface area contributed by atoms with E-state index in [0.717, 1.165) is 17.3 Å². The number of rotatable bonds is 3. The third kappa shape index (κ3) is 2.34. The number of hydrogen-bond acceptors (Lipinski definition) is 2. The molecule has 0 atom stereocenters. The van der Waals surface area contributed by atoms with Crippen LogP contribution in [0, 0.1) is 0 Å². The summed E-state index contributed by atoms with van der Waals surface area (Å²) < 4.78 is 26.8. The van der Waals surface area contributed by atoms with Crippen LogP contribution in [0.1, 0.15) is 12.8 Å². The van der Waals surface area contributed by atoms with Crippen molar-refractivity contribution < 1.29 is 8.42 Å². The van der Waals surface area contributed by atoms with Gasteiger partial charge in [0.15, 0.2) is 0 Å². The second-order valence-corrected chi connectivity index (χ2v) is 5.98. The lowest BCUT2D eigenvalue weighted by molar-refractivity contribution is 0.581. The van der Waals surface area contributed by atoms with Crippen LogP contribution in [0.25, 0.3) is 0 Å². The molecule has 0 unspecified atom stereocenters. The maximum absolute atomic E-state index is 11.7. The minimum Gasteiger partial charge on any atom is -0.208 e. The van der Waals surface area contributed by atoms with Gasteiger partial charge in [0.2, 0.25) is 10.0 Å². The van der Waals surface area contributed by atoms with Crippen LogP contribution < -0.4 is 4.72 Å². The summed E-state index contributed by atoms with van der Waals surface area (Å²) in [5.41, 5.74) is 0. The third-order valence-corrected chi connectivity index (χ3v) is 4.09. The molecule has 0 spiro atoms. The fraction of sp³-hybridized carbons (Fsp3) is 0.333. The predicted molar refractivity (Wildman–Crippen MR) is 57.5 cm³/mol. The summed E-state index contributed by atoms with van der Waals surface area (Å²) in [7, 11) is -3.28. The fourth-order valence-electron chi connectivity index (χ4n) is 1.10. The number of hydrogen-bond donors (Lipinski definition) is 1. The Morgan fingerprint density at radius 1 is 1.21 bits per heavy atom. The van der Waals surface area contributed by atoms with E-state index in [4.69, 9.17) is 0 Å². The minimum absolute atomic E-state index is 0.156. The summed E-state index contributed by atoms with van der Waals surface area (Å²) in [5, 5.41) is 0. The quantitative estimate of drug-likeness (QED) is 0.916. The topological polar surface area (TPSA) is 46.2 Å². The molecule has 0 amide bonds. The molecule has 76 valence electrons. The Morgan fingerprint density at radius 3 is 2.29 bits per heavy atom. The smallest absolute Gasteiger partial charge is 0.208 e. The molecule has 14 heavy (non-hydrogen) atoms. The van der Waals surface area contributed by atoms with Gasteiger partial charge in [-0.05, 0) is 37.1 Å². The van der Waals surface area contributed by atoms with E-state index in [2.05, 4.69) is 20.7 Å². The van der Waals surface area contributed by atoms with Gasteiger partial charge in [0.25, 0.3) is 0 Å². The minimum atomic E-state index is -3.28. The van der Waals surface area contributed by atoms with E-state index in [9.17, 15) is 8.42 Å². The van der Waals surface area contributed by atoms with Gasteiger partial charge in [-0.1, -0.05) is 15.9 Å². The average molecular weight is 276 g/mol. The third-order valence-electron chi connectivity index (χ3n) is 2.02. The van der Waals surface area contributed by atoms with Crippen molar-refractivity contribution in [2.45, 2.75) is 23.8 Å². The SMILES string of the molecule is O=S(=O)(NC1CC1)c1ccc(Br)cc1. The molecule has 0 saturated heterocycles. The molecular formula is C9H10BrNO2S. The van der Waals surface area contributed by atoms with Gasteiger partial charge in [0.05, 0.1) is 4.90 Å². The second kappa shape index (κ2) is 3.64. The molecule has 0 aliphatic heterocycles. The standard InChI is InChI=1S/C9H10BrNO2S/c10-7-1-5-9(6-2-7)14(12,13)11-8-3-4-8/h1-2,5-6,8,11H,3-4H2. The zero-order valence-corrected chi connectivity index (χ0v) is 9.81. The van der Waals surface area contributed by atoms with Crippen molar-refractivity contribution in [3.05, 3.63) is 28.7 Å². The van der Waals surface area contributed by atoms with Crippen molar-refractivity contribution in [3.63, 3.8) is 0 Å². The Balaban J connectivity index is 2.24. The predicted octanol–water partition coefficient (Wildman–Crippen LogP) is 1.89. The first-order chi connectivity index (χ1) is 6.58. The number of halogens is 1. The van der Waals surface area contributed by atoms with Crippen LogP contribution in [-0.2, 0) is 10.0 Å². The molecule has 1 fully saturated rings. The van der Waals surface area contributed by atoms with Crippen LogP contribution in [0.2, 0.25) is 0 Å². The second-order valence-electron chi connectivity index (χ2n) is 3.35. The molecule has 1 aliphatic carbocycles. The molecule has 1 aliphatic rings. The lowest BCUT2D eigenvalue weighted by Crippen LogP contribution is -2.25. The molecule has 0 heterocycles. The van der Waals surface area contributed by atoms with Gasteiger partial charge in [-0.2, -0.15) is 0 Å². The molecule has 5 heteroatoms. The summed E-state index contributed by atoms with van der Waals surface area (Å²) in [6.07, 6.45) is 1.91. The van der Waals surface area contributed by atoms with Gasteiger partial charge in [0, 0.05) is 10.5 Å². The summed E-state index contributed by atoms with van der Waals surface area (Å²) in [5.74, 6) is 0. The highest BCUT2D eigenvalue weighted by Crippen LogP contribution is 2.22. The highest BCUT2D eigenvalue weighted by Gasteiger charge is 2.27. The van der Waals surface area contributed by atoms with Crippen molar-refractivity contribution in [3.8, 4) is 0 Å². The van der Waals surface area contributed by atoms with E-state index in [1.54, 1.807) is 24.3 Å². The lowest BCUT2D eigenvalue weighted by Gasteiger charge is -2.04. The van der Waals surface area contributed by atoms with E-state index in [1.807, 2.05) is 0 Å². The molecule has 3 nitrogen and oxygen atoms in total. The highest BCUT2D eigenvalue weighted by atomic mass is 79.9. The van der Waals surface area contributed by atoms with Gasteiger partial charge in [-0.25, -0.2) is 13.1 Å². The van der Waals surface area contributed by atoms with Crippen LogP contribution in [-0.4, -0.2) is 14.5 Å². The van der Waals surface area contributed by atoms with Crippen LogP contribution >= 0.6 is 15.9 Å². The van der Waals surface area contributed by atoms with E-state index >= 15 is 0 Å². The van der Waals surface area contributed by atoms with E-state index in [-0.39, 0.29) is 6.04 Å². The molecule has 2 rings (SSSR count). The largest absolute Gasteiger partial charge is 0.240 e. The summed E-state index contributed by atoms with van der Waals surface area (Å²) >= 11 is 3.26. The Hall–Kier alpha value is -0.390. The molecule has 0 bridgehead atoms. The molecule has 0 radical (unpaired) electrons. The number of sulfonamides is 1. The van der Waals surface area contributed by atoms with Gasteiger partial charge >= 0.3 is 0 Å². The first kappa shape index (κ1) is 10.1. The van der Waals surface area contributed by atoms with Crippen molar-refractivity contribution >= 4 is 26.0 Å². The molecule has 1 aromatic carbocycles. The van der Waals surface area contributed by atoms with E-state index < -0.39 is 10.0 Å². The first-order valence-electron chi connectivity index (χ1n) is 4.36. The molecular weight excluding hydrogens is 266 g/mol. The van der Waals surface area contributed by atoms with Crippen LogP contribution in [0.15, 0.2) is 33.6 Å². The summed E-state index contributed by atoms with van der Waals surface area (Å²) in [6, 6.07) is 6.79. The van der Waals surface area contributed by atoms with Crippen LogP contribution in [0.3, 0.4) is 0 Å². The maximum atomic E-state index is 11.7. The molecule has 0 aromatic heterocycles. The Morgan fingerprint density at radius 2 is 1.79 bits per heavy atom. The van der Waals surface area contributed by atoms with Crippen molar-refractivity contribution in [1.29, 1.82) is 0 Å². The lowest BCUT2D eigenvalue weighted by atomic mass is 10.4. The van der Waals surface area contributed by atoms with Gasteiger partial charge in [-0.3, -0.25) is 0 Å². The van der Waals surface area contributed by atoms with Gasteiger partial charge < -0.3 is 0 Å². The molecule has 1 saturated carbocycles. The van der Waals surface area contributed by atoms with Gasteiger partial charge in [-0.15, -0.1) is 0 Å². The fourth-order valence-corrected chi connectivity index (χ4v) is 2.67. The van der Waals surface area contributed by atoms with Gasteiger partial charge in [0.1, 0.15) is 0 Å². The van der Waals surface area contributed by atoms with Crippen molar-refractivity contribution in [2.24, 2.45) is 0 Å². The summed E-state index contributed by atoms with van der Waals surface area (Å²) in [4.78, 5) is 0.326. The Bertz CT molecular complexity index is 423. The Labute approximate surface area is 91.7 Å². The highest BCUT2D eigenvalue weighted by molar-refractivity contribution is 9.10. The van der Waals surface area contributed by atoms with Crippen molar-refractivity contribution in [1.82, 2.24) is 4.72 Å². The average Bonchev–Trinajstić information content (AvgIpc) is 2.88. The maximum Gasteiger partial charge on any atom is 0.240 e. The zero-order valence-electron chi connectivity index (χ0n) is 7.40. The molecule has 1 N–H and O–H groups in total. The zero-order chi connectivity index (χ0) is 10.2.